The molecule has 4 aliphatic heterocycles. The van der Waals surface area contributed by atoms with E-state index in [4.69, 9.17) is 9.72 Å². The first-order valence-electron chi connectivity index (χ1n) is 16.0. The lowest BCUT2D eigenvalue weighted by Gasteiger charge is -2.46. The third-order valence-electron chi connectivity index (χ3n) is 9.86. The van der Waals surface area contributed by atoms with Crippen LogP contribution in [0.3, 0.4) is 0 Å². The van der Waals surface area contributed by atoms with Crippen molar-refractivity contribution in [3.8, 4) is 22.9 Å². The normalized spacial score (nSPS) is 27.4. The number of rotatable bonds is 7. The highest BCUT2D eigenvalue weighted by Crippen LogP contribution is 2.46. The first-order chi connectivity index (χ1) is 22.3. The Kier molecular flexibility index (Phi) is 7.64. The number of aromatic nitrogens is 2. The molecule has 3 aromatic carbocycles. The Labute approximate surface area is 268 Å². The minimum absolute atomic E-state index is 0.0446. The lowest BCUT2D eigenvalue weighted by Crippen LogP contribution is -2.51. The van der Waals surface area contributed by atoms with Crippen molar-refractivity contribution in [3.05, 3.63) is 53.6 Å². The monoisotopic (exact) mass is 653 g/mol. The van der Waals surface area contributed by atoms with Crippen LogP contribution in [0, 0.1) is 11.6 Å². The van der Waals surface area contributed by atoms with Crippen molar-refractivity contribution >= 4 is 39.4 Å². The molecular weight excluding hydrogens is 618 g/mol. The Morgan fingerprint density at radius 1 is 1.09 bits per heavy atom. The van der Waals surface area contributed by atoms with Crippen LogP contribution < -0.4 is 15.0 Å². The number of ether oxygens (including phenoxy) is 1. The SMILES string of the molecule is Oc1cc(-c2c(F)cc3c(N4CC5CCC(C4)N5)nc(OCC45CCCN(C[C@H](F)C4)S5)nc3c2F)c2c(CCF)cccc2c1. The minimum Gasteiger partial charge on any atom is -0.508 e. The second-order valence-electron chi connectivity index (χ2n) is 13.1. The maximum atomic E-state index is 16.9. The molecule has 4 fully saturated rings. The number of hydrogen-bond acceptors (Lipinski definition) is 8. The number of fused-ring (bicyclic) bond motifs is 6. The largest absolute Gasteiger partial charge is 0.508 e. The Hall–Kier alpha value is -3.35. The molecule has 0 radical (unpaired) electrons. The molecular formula is C34H35F4N5O2S. The molecule has 1 aromatic heterocycles. The van der Waals surface area contributed by atoms with Gasteiger partial charge in [0.1, 0.15) is 35.7 Å². The Bertz CT molecular complexity index is 1810. The molecule has 4 aliphatic rings. The molecule has 0 spiro atoms. The number of nitrogens with zero attached hydrogens (tertiary/aromatic N) is 4. The van der Waals surface area contributed by atoms with Crippen molar-refractivity contribution < 1.29 is 27.4 Å². The van der Waals surface area contributed by atoms with Crippen LogP contribution in [-0.2, 0) is 6.42 Å². The molecule has 4 saturated heterocycles. The molecule has 7 nitrogen and oxygen atoms in total. The van der Waals surface area contributed by atoms with Crippen LogP contribution in [0.1, 0.15) is 37.7 Å². The topological polar surface area (TPSA) is 73.8 Å². The highest BCUT2D eigenvalue weighted by Gasteiger charge is 2.44. The molecule has 5 atom stereocenters. The molecule has 0 amide bonds. The Morgan fingerprint density at radius 2 is 1.91 bits per heavy atom. The Balaban J connectivity index is 1.27. The van der Waals surface area contributed by atoms with Gasteiger partial charge in [-0.25, -0.2) is 17.5 Å². The summed E-state index contributed by atoms with van der Waals surface area (Å²) in [4.78, 5) is 11.3. The molecule has 5 heterocycles. The zero-order chi connectivity index (χ0) is 31.6. The van der Waals surface area contributed by atoms with E-state index in [1.165, 1.54) is 18.2 Å². The molecule has 2 N–H and O–H groups in total. The lowest BCUT2D eigenvalue weighted by molar-refractivity contribution is 0.144. The van der Waals surface area contributed by atoms with Gasteiger partial charge in [0.05, 0.1) is 17.0 Å². The number of aromatic hydroxyl groups is 1. The zero-order valence-electron chi connectivity index (χ0n) is 25.2. The summed E-state index contributed by atoms with van der Waals surface area (Å²) in [5.41, 5.74) is 0.228. The van der Waals surface area contributed by atoms with Crippen molar-refractivity contribution in [2.75, 3.05) is 44.4 Å². The minimum atomic E-state index is -0.961. The van der Waals surface area contributed by atoms with Gasteiger partial charge in [0.15, 0.2) is 5.82 Å². The Morgan fingerprint density at radius 3 is 2.72 bits per heavy atom. The van der Waals surface area contributed by atoms with Crippen LogP contribution in [0.25, 0.3) is 32.8 Å². The van der Waals surface area contributed by atoms with E-state index >= 15 is 8.78 Å². The van der Waals surface area contributed by atoms with Crippen molar-refractivity contribution in [2.24, 2.45) is 0 Å². The number of benzene rings is 3. The molecule has 4 unspecified atom stereocenters. The fourth-order valence-corrected chi connectivity index (χ4v) is 9.54. The zero-order valence-corrected chi connectivity index (χ0v) is 26.1. The van der Waals surface area contributed by atoms with E-state index in [0.29, 0.717) is 48.2 Å². The van der Waals surface area contributed by atoms with Gasteiger partial charge in [-0.2, -0.15) is 9.97 Å². The first kappa shape index (κ1) is 30.0. The third kappa shape index (κ3) is 5.32. The second kappa shape index (κ2) is 11.7. The number of alkyl halides is 2. The summed E-state index contributed by atoms with van der Waals surface area (Å²) in [5, 5.41) is 15.4. The van der Waals surface area contributed by atoms with E-state index in [-0.39, 0.29) is 58.9 Å². The number of halogens is 4. The number of phenols is 1. The molecule has 8 rings (SSSR count). The van der Waals surface area contributed by atoms with Gasteiger partial charge in [0.2, 0.25) is 0 Å². The average molecular weight is 654 g/mol. The fourth-order valence-electron chi connectivity index (χ4n) is 7.93. The summed E-state index contributed by atoms with van der Waals surface area (Å²) < 4.78 is 69.2. The molecule has 4 bridgehead atoms. The van der Waals surface area contributed by atoms with Crippen LogP contribution in [0.2, 0.25) is 0 Å². The van der Waals surface area contributed by atoms with E-state index in [1.54, 1.807) is 30.1 Å². The van der Waals surface area contributed by atoms with Crippen LogP contribution >= 0.6 is 11.9 Å². The van der Waals surface area contributed by atoms with Gasteiger partial charge in [-0.1, -0.05) is 30.1 Å². The van der Waals surface area contributed by atoms with Crippen molar-refractivity contribution in [3.63, 3.8) is 0 Å². The second-order valence-corrected chi connectivity index (χ2v) is 14.7. The van der Waals surface area contributed by atoms with Crippen LogP contribution in [0.15, 0.2) is 36.4 Å². The van der Waals surface area contributed by atoms with Gasteiger partial charge in [-0.15, -0.1) is 0 Å². The van der Waals surface area contributed by atoms with Crippen LogP contribution in [0.4, 0.5) is 23.4 Å². The van der Waals surface area contributed by atoms with Gasteiger partial charge >= 0.3 is 6.01 Å². The van der Waals surface area contributed by atoms with E-state index in [9.17, 15) is 13.9 Å². The van der Waals surface area contributed by atoms with E-state index in [2.05, 4.69) is 14.6 Å². The standard InChI is InChI=1S/C34H35F4N5O2S/c35-9-7-19-3-1-4-20-11-24(44)12-25(28(19)20)29-27(37)13-26-31(30(29)38)40-33(41-32(26)42-16-22-5-6-23(17-42)39-22)45-18-34-8-2-10-43(46-34)15-21(36)14-34/h1,3-4,11-13,21-23,39,44H,2,5-10,14-18H2/t21-,22?,23?,34?/m1/s1. The summed E-state index contributed by atoms with van der Waals surface area (Å²) in [5.74, 6) is -1.53. The molecule has 0 saturated carbocycles. The predicted molar refractivity (Wildman–Crippen MR) is 172 cm³/mol. The molecule has 0 aliphatic carbocycles. The van der Waals surface area contributed by atoms with Gasteiger partial charge in [0.25, 0.3) is 0 Å². The summed E-state index contributed by atoms with van der Waals surface area (Å²) >= 11 is 1.62. The van der Waals surface area contributed by atoms with E-state index in [1.807, 2.05) is 4.90 Å². The predicted octanol–water partition coefficient (Wildman–Crippen LogP) is 6.49. The smallest absolute Gasteiger partial charge is 0.319 e. The molecule has 12 heteroatoms. The van der Waals surface area contributed by atoms with Gasteiger partial charge in [-0.05, 0) is 72.2 Å². The van der Waals surface area contributed by atoms with Gasteiger partial charge in [-0.3, -0.25) is 4.39 Å². The summed E-state index contributed by atoms with van der Waals surface area (Å²) in [6.07, 6.45) is 3.17. The van der Waals surface area contributed by atoms with Crippen LogP contribution in [-0.4, -0.2) is 81.8 Å². The van der Waals surface area contributed by atoms with Gasteiger partial charge in [0, 0.05) is 50.1 Å². The summed E-state index contributed by atoms with van der Waals surface area (Å²) in [7, 11) is 0. The highest BCUT2D eigenvalue weighted by atomic mass is 32.2. The number of nitrogens with one attached hydrogen (secondary N) is 1. The maximum absolute atomic E-state index is 16.9. The first-order valence-corrected chi connectivity index (χ1v) is 16.8. The number of hydrogen-bond donors (Lipinski definition) is 2. The third-order valence-corrected chi connectivity index (χ3v) is 11.3. The number of piperazine rings is 1. The van der Waals surface area contributed by atoms with E-state index in [0.717, 1.165) is 32.2 Å². The van der Waals surface area contributed by atoms with E-state index < -0.39 is 29.2 Å². The van der Waals surface area contributed by atoms with Crippen molar-refractivity contribution in [1.82, 2.24) is 19.6 Å². The molecule has 4 aromatic rings. The molecule has 46 heavy (non-hydrogen) atoms. The van der Waals surface area contributed by atoms with Crippen molar-refractivity contribution in [1.29, 1.82) is 0 Å². The molecule has 242 valence electrons. The van der Waals surface area contributed by atoms with Crippen LogP contribution in [0.5, 0.6) is 11.8 Å². The number of phenolic OH excluding ortho intramolecular Hbond substituents is 1. The fraction of sp³-hybridized carbons (Fsp3) is 0.471. The lowest BCUT2D eigenvalue weighted by atomic mass is 9.92. The maximum Gasteiger partial charge on any atom is 0.319 e. The quantitative estimate of drug-likeness (QED) is 0.173. The number of anilines is 1. The van der Waals surface area contributed by atoms with Crippen molar-refractivity contribution in [2.45, 2.75) is 61.5 Å². The average Bonchev–Trinajstić information content (AvgIpc) is 3.36. The highest BCUT2D eigenvalue weighted by molar-refractivity contribution is 7.98. The van der Waals surface area contributed by atoms with Gasteiger partial charge < -0.3 is 20.1 Å². The summed E-state index contributed by atoms with van der Waals surface area (Å²) in [6.45, 7) is 1.97. The summed E-state index contributed by atoms with van der Waals surface area (Å²) in [6, 6.07) is 9.67. The number of aryl methyl sites for hydroxylation is 1.